The van der Waals surface area contributed by atoms with Crippen LogP contribution in [0, 0.1) is 0 Å². The predicted molar refractivity (Wildman–Crippen MR) is 71.4 cm³/mol. The summed E-state index contributed by atoms with van der Waals surface area (Å²) in [4.78, 5) is 22.4. The molecule has 0 atom stereocenters. The largest absolute Gasteiger partial charge is 0.480 e. The lowest BCUT2D eigenvalue weighted by Gasteiger charge is -2.00. The predicted octanol–water partition coefficient (Wildman–Crippen LogP) is 2.41. The molecule has 1 N–H and O–H groups in total. The van der Waals surface area contributed by atoms with Crippen molar-refractivity contribution in [2.45, 2.75) is 6.54 Å². The van der Waals surface area contributed by atoms with E-state index >= 15 is 0 Å². The van der Waals surface area contributed by atoms with Crippen molar-refractivity contribution in [1.82, 2.24) is 4.57 Å². The fourth-order valence-electron chi connectivity index (χ4n) is 1.96. The summed E-state index contributed by atoms with van der Waals surface area (Å²) in [6.07, 6.45) is 0. The van der Waals surface area contributed by atoms with Crippen LogP contribution in [0.4, 0.5) is 0 Å². The highest BCUT2D eigenvalue weighted by atomic mass is 32.1. The van der Waals surface area contributed by atoms with Crippen LogP contribution in [0.15, 0.2) is 44.2 Å². The molecule has 1 aromatic carbocycles. The number of hydrogen-bond acceptors (Lipinski definition) is 4. The zero-order valence-corrected chi connectivity index (χ0v) is 10.5. The first-order chi connectivity index (χ1) is 9.15. The maximum absolute atomic E-state index is 11.6. The summed E-state index contributed by atoms with van der Waals surface area (Å²) in [5.41, 5.74) is 2.84. The molecule has 2 heterocycles. The molecule has 0 radical (unpaired) electrons. The molecule has 0 aliphatic rings. The number of thiophene rings is 1. The molecule has 0 aliphatic carbocycles. The molecule has 0 saturated carbocycles. The van der Waals surface area contributed by atoms with Crippen molar-refractivity contribution in [2.75, 3.05) is 0 Å². The van der Waals surface area contributed by atoms with E-state index in [0.29, 0.717) is 11.1 Å². The summed E-state index contributed by atoms with van der Waals surface area (Å²) in [7, 11) is 0. The number of oxazole rings is 1. The standard InChI is InChI=1S/C13H9NO4S/c15-12(16)6-14-10-5-8(9-3-4-19-7-9)1-2-11(10)18-13(14)17/h1-5,7H,6H2,(H,15,16). The lowest BCUT2D eigenvalue weighted by molar-refractivity contribution is -0.137. The molecule has 5 nitrogen and oxygen atoms in total. The third-order valence-electron chi connectivity index (χ3n) is 2.82. The number of carbonyl (C=O) groups is 1. The molecule has 0 amide bonds. The molecule has 0 aliphatic heterocycles. The fourth-order valence-corrected chi connectivity index (χ4v) is 2.62. The Morgan fingerprint density at radius 2 is 2.16 bits per heavy atom. The van der Waals surface area contributed by atoms with Crippen LogP contribution in [0.3, 0.4) is 0 Å². The topological polar surface area (TPSA) is 72.4 Å². The van der Waals surface area contributed by atoms with Gasteiger partial charge in [-0.1, -0.05) is 6.07 Å². The Morgan fingerprint density at radius 3 is 2.84 bits per heavy atom. The van der Waals surface area contributed by atoms with Crippen LogP contribution >= 0.6 is 11.3 Å². The second kappa shape index (κ2) is 4.40. The number of rotatable bonds is 3. The van der Waals surface area contributed by atoms with E-state index in [1.54, 1.807) is 23.5 Å². The first-order valence-electron chi connectivity index (χ1n) is 5.53. The molecule has 0 bridgehead atoms. The molecule has 96 valence electrons. The number of carboxylic acids is 1. The number of nitrogens with zero attached hydrogens (tertiary/aromatic N) is 1. The van der Waals surface area contributed by atoms with Gasteiger partial charge < -0.3 is 9.52 Å². The smallest absolute Gasteiger partial charge is 0.420 e. The van der Waals surface area contributed by atoms with Crippen molar-refractivity contribution in [2.24, 2.45) is 0 Å². The summed E-state index contributed by atoms with van der Waals surface area (Å²) in [5.74, 6) is -1.73. The number of aromatic nitrogens is 1. The van der Waals surface area contributed by atoms with Gasteiger partial charge in [0.1, 0.15) is 6.54 Å². The summed E-state index contributed by atoms with van der Waals surface area (Å²) in [5, 5.41) is 12.8. The van der Waals surface area contributed by atoms with Crippen molar-refractivity contribution in [3.8, 4) is 11.1 Å². The van der Waals surface area contributed by atoms with E-state index in [2.05, 4.69) is 0 Å². The average Bonchev–Trinajstić information content (AvgIpc) is 2.98. The third-order valence-corrected chi connectivity index (χ3v) is 3.50. The van der Waals surface area contributed by atoms with Gasteiger partial charge in [-0.25, -0.2) is 4.79 Å². The van der Waals surface area contributed by atoms with E-state index in [1.165, 1.54) is 0 Å². The third kappa shape index (κ3) is 2.06. The molecule has 2 aromatic heterocycles. The van der Waals surface area contributed by atoms with E-state index in [1.807, 2.05) is 22.9 Å². The zero-order chi connectivity index (χ0) is 13.4. The van der Waals surface area contributed by atoms with Gasteiger partial charge in [0.25, 0.3) is 0 Å². The summed E-state index contributed by atoms with van der Waals surface area (Å²) < 4.78 is 6.14. The maximum Gasteiger partial charge on any atom is 0.420 e. The number of carboxylic acid groups (broad SMARTS) is 1. The van der Waals surface area contributed by atoms with E-state index in [4.69, 9.17) is 9.52 Å². The highest BCUT2D eigenvalue weighted by Crippen LogP contribution is 2.25. The van der Waals surface area contributed by atoms with E-state index in [-0.39, 0.29) is 0 Å². The quantitative estimate of drug-likeness (QED) is 0.796. The van der Waals surface area contributed by atoms with Gasteiger partial charge in [-0.3, -0.25) is 9.36 Å². The number of hydrogen-bond donors (Lipinski definition) is 1. The number of fused-ring (bicyclic) bond motifs is 1. The lowest BCUT2D eigenvalue weighted by atomic mass is 10.1. The minimum absolute atomic E-state index is 0.394. The first-order valence-corrected chi connectivity index (χ1v) is 6.47. The molecule has 3 aromatic rings. The minimum atomic E-state index is -1.08. The summed E-state index contributed by atoms with van der Waals surface area (Å²) in [6.45, 7) is -0.404. The van der Waals surface area contributed by atoms with Crippen molar-refractivity contribution >= 4 is 28.4 Å². The molecule has 0 unspecified atom stereocenters. The Bertz CT molecular complexity index is 798. The molecule has 0 spiro atoms. The normalized spacial score (nSPS) is 10.9. The van der Waals surface area contributed by atoms with Crippen molar-refractivity contribution in [3.63, 3.8) is 0 Å². The van der Waals surface area contributed by atoms with Crippen molar-refractivity contribution in [3.05, 3.63) is 45.6 Å². The maximum atomic E-state index is 11.6. The highest BCUT2D eigenvalue weighted by Gasteiger charge is 2.13. The second-order valence-corrected chi connectivity index (χ2v) is 4.82. The van der Waals surface area contributed by atoms with E-state index in [9.17, 15) is 9.59 Å². The fraction of sp³-hybridized carbons (Fsp3) is 0.0769. The van der Waals surface area contributed by atoms with Crippen LogP contribution in [0.2, 0.25) is 0 Å². The molecule has 6 heteroatoms. The van der Waals surface area contributed by atoms with Gasteiger partial charge in [0.15, 0.2) is 5.58 Å². The molecule has 19 heavy (non-hydrogen) atoms. The Hall–Kier alpha value is -2.34. The average molecular weight is 275 g/mol. The van der Waals surface area contributed by atoms with Crippen LogP contribution in [0.5, 0.6) is 0 Å². The molecular weight excluding hydrogens is 266 g/mol. The van der Waals surface area contributed by atoms with Gasteiger partial charge in [0.2, 0.25) is 0 Å². The molecule has 0 fully saturated rings. The molecule has 3 rings (SSSR count). The number of benzene rings is 1. The molecule has 0 saturated heterocycles. The van der Waals surface area contributed by atoms with Crippen molar-refractivity contribution < 1.29 is 14.3 Å². The highest BCUT2D eigenvalue weighted by molar-refractivity contribution is 7.08. The van der Waals surface area contributed by atoms with Crippen LogP contribution in [-0.2, 0) is 11.3 Å². The Labute approximate surface area is 111 Å². The van der Waals surface area contributed by atoms with Gasteiger partial charge >= 0.3 is 11.7 Å². The SMILES string of the molecule is O=C(O)Cn1c(=O)oc2ccc(-c3ccsc3)cc21. The Balaban J connectivity index is 2.21. The zero-order valence-electron chi connectivity index (χ0n) is 9.70. The summed E-state index contributed by atoms with van der Waals surface area (Å²) in [6, 6.07) is 7.26. The minimum Gasteiger partial charge on any atom is -0.480 e. The molecular formula is C13H9NO4S. The lowest BCUT2D eigenvalue weighted by Crippen LogP contribution is -2.19. The van der Waals surface area contributed by atoms with Gasteiger partial charge in [-0.15, -0.1) is 0 Å². The van der Waals surface area contributed by atoms with E-state index in [0.717, 1.165) is 15.7 Å². The first kappa shape index (κ1) is 11.7. The van der Waals surface area contributed by atoms with Crippen LogP contribution in [-0.4, -0.2) is 15.6 Å². The Kier molecular flexibility index (Phi) is 2.72. The monoisotopic (exact) mass is 275 g/mol. The number of aliphatic carboxylic acids is 1. The van der Waals surface area contributed by atoms with Crippen LogP contribution in [0.25, 0.3) is 22.2 Å². The van der Waals surface area contributed by atoms with Gasteiger partial charge in [0, 0.05) is 0 Å². The second-order valence-electron chi connectivity index (χ2n) is 4.04. The Morgan fingerprint density at radius 1 is 1.32 bits per heavy atom. The van der Waals surface area contributed by atoms with Gasteiger partial charge in [-0.2, -0.15) is 11.3 Å². The van der Waals surface area contributed by atoms with Gasteiger partial charge in [0.05, 0.1) is 5.52 Å². The van der Waals surface area contributed by atoms with Crippen LogP contribution < -0.4 is 5.76 Å². The van der Waals surface area contributed by atoms with E-state index < -0.39 is 18.3 Å². The summed E-state index contributed by atoms with van der Waals surface area (Å²) >= 11 is 1.57. The van der Waals surface area contributed by atoms with Gasteiger partial charge in [-0.05, 0) is 40.1 Å². The van der Waals surface area contributed by atoms with Crippen molar-refractivity contribution in [1.29, 1.82) is 0 Å². The van der Waals surface area contributed by atoms with Crippen LogP contribution in [0.1, 0.15) is 0 Å².